The van der Waals surface area contributed by atoms with E-state index in [1.165, 1.54) is 25.7 Å². The quantitative estimate of drug-likeness (QED) is 0.858. The molecule has 0 spiro atoms. The van der Waals surface area contributed by atoms with Gasteiger partial charge in [-0.2, -0.15) is 5.10 Å². The third kappa shape index (κ3) is 3.80. The largest absolute Gasteiger partial charge is 0.375 e. The summed E-state index contributed by atoms with van der Waals surface area (Å²) in [7, 11) is 1.99. The van der Waals surface area contributed by atoms with E-state index in [9.17, 15) is 0 Å². The Hall–Kier alpha value is -0.870. The molecule has 0 saturated heterocycles. The maximum atomic E-state index is 5.91. The van der Waals surface area contributed by atoms with E-state index in [1.54, 1.807) is 0 Å². The predicted molar refractivity (Wildman–Crippen MR) is 76.7 cm³/mol. The normalized spacial score (nSPS) is 23.7. The van der Waals surface area contributed by atoms with Crippen molar-refractivity contribution in [3.05, 3.63) is 17.5 Å². The topological polar surface area (TPSA) is 53.1 Å². The van der Waals surface area contributed by atoms with E-state index in [1.807, 2.05) is 11.7 Å². The second-order valence-electron chi connectivity index (χ2n) is 5.66. The molecular weight excluding hydrogens is 238 g/mol. The molecule has 2 rings (SSSR count). The highest BCUT2D eigenvalue weighted by molar-refractivity contribution is 5.09. The number of rotatable bonds is 6. The first-order valence-corrected chi connectivity index (χ1v) is 7.54. The van der Waals surface area contributed by atoms with Crippen molar-refractivity contribution in [2.75, 3.05) is 13.2 Å². The molecular formula is C15H27N3O. The summed E-state index contributed by atoms with van der Waals surface area (Å²) < 4.78 is 7.84. The van der Waals surface area contributed by atoms with E-state index in [4.69, 9.17) is 10.5 Å². The van der Waals surface area contributed by atoms with Gasteiger partial charge in [0.2, 0.25) is 0 Å². The number of ether oxygens (including phenoxy) is 1. The maximum absolute atomic E-state index is 5.91. The Labute approximate surface area is 116 Å². The summed E-state index contributed by atoms with van der Waals surface area (Å²) in [5.41, 5.74) is 8.15. The van der Waals surface area contributed by atoms with Crippen LogP contribution < -0.4 is 5.73 Å². The molecule has 1 fully saturated rings. The molecule has 1 aromatic rings. The first-order valence-electron chi connectivity index (χ1n) is 7.54. The van der Waals surface area contributed by atoms with Gasteiger partial charge in [-0.3, -0.25) is 4.68 Å². The first-order chi connectivity index (χ1) is 9.24. The summed E-state index contributed by atoms with van der Waals surface area (Å²) in [4.78, 5) is 0. The van der Waals surface area contributed by atoms with Crippen molar-refractivity contribution in [3.63, 3.8) is 0 Å². The summed E-state index contributed by atoms with van der Waals surface area (Å²) in [5.74, 6) is 1.31. The average molecular weight is 265 g/mol. The lowest BCUT2D eigenvalue weighted by atomic mass is 9.80. The number of nitrogens with two attached hydrogens (primary N) is 1. The fourth-order valence-corrected chi connectivity index (χ4v) is 3.01. The van der Waals surface area contributed by atoms with Crippen LogP contribution in [0.15, 0.2) is 6.07 Å². The Kier molecular flexibility index (Phi) is 5.40. The fourth-order valence-electron chi connectivity index (χ4n) is 3.01. The standard InChI is InChI=1S/C15H27N3O/c1-3-14-8-15(18(2)17-14)11-19-10-13-7-5-4-6-12(13)9-16/h8,12-13H,3-7,9-11,16H2,1-2H3. The molecule has 0 amide bonds. The van der Waals surface area contributed by atoms with Crippen LogP contribution in [0.3, 0.4) is 0 Å². The van der Waals surface area contributed by atoms with Gasteiger partial charge in [0.1, 0.15) is 0 Å². The number of nitrogens with zero attached hydrogens (tertiary/aromatic N) is 2. The molecule has 1 aromatic heterocycles. The van der Waals surface area contributed by atoms with E-state index in [0.717, 1.165) is 31.0 Å². The number of hydrogen-bond acceptors (Lipinski definition) is 3. The van der Waals surface area contributed by atoms with Crippen LogP contribution in [0.5, 0.6) is 0 Å². The predicted octanol–water partition coefficient (Wildman–Crippen LogP) is 2.26. The minimum Gasteiger partial charge on any atom is -0.375 e. The van der Waals surface area contributed by atoms with Crippen LogP contribution in [0, 0.1) is 11.8 Å². The second-order valence-corrected chi connectivity index (χ2v) is 5.66. The highest BCUT2D eigenvalue weighted by atomic mass is 16.5. The first kappa shape index (κ1) is 14.5. The zero-order valence-electron chi connectivity index (χ0n) is 12.3. The molecule has 2 unspecified atom stereocenters. The molecule has 1 saturated carbocycles. The van der Waals surface area contributed by atoms with Crippen LogP contribution in [0.2, 0.25) is 0 Å². The lowest BCUT2D eigenvalue weighted by Crippen LogP contribution is -2.29. The van der Waals surface area contributed by atoms with Crippen LogP contribution >= 0.6 is 0 Å². The van der Waals surface area contributed by atoms with E-state index in [0.29, 0.717) is 18.4 Å². The second kappa shape index (κ2) is 7.06. The highest BCUT2D eigenvalue weighted by Gasteiger charge is 2.24. The summed E-state index contributed by atoms with van der Waals surface area (Å²) in [6.45, 7) is 4.44. The molecule has 4 heteroatoms. The van der Waals surface area contributed by atoms with E-state index in [2.05, 4.69) is 18.1 Å². The molecule has 4 nitrogen and oxygen atoms in total. The highest BCUT2D eigenvalue weighted by Crippen LogP contribution is 2.29. The van der Waals surface area contributed by atoms with Crippen LogP contribution in [0.25, 0.3) is 0 Å². The third-order valence-electron chi connectivity index (χ3n) is 4.34. The molecule has 19 heavy (non-hydrogen) atoms. The van der Waals surface area contributed by atoms with Gasteiger partial charge in [-0.15, -0.1) is 0 Å². The van der Waals surface area contributed by atoms with Crippen molar-refractivity contribution < 1.29 is 4.74 Å². The lowest BCUT2D eigenvalue weighted by molar-refractivity contribution is 0.0483. The Morgan fingerprint density at radius 1 is 1.37 bits per heavy atom. The van der Waals surface area contributed by atoms with Crippen molar-refractivity contribution in [1.82, 2.24) is 9.78 Å². The van der Waals surface area contributed by atoms with E-state index in [-0.39, 0.29) is 0 Å². The lowest BCUT2D eigenvalue weighted by Gasteiger charge is -2.30. The maximum Gasteiger partial charge on any atom is 0.0884 e. The van der Waals surface area contributed by atoms with Gasteiger partial charge >= 0.3 is 0 Å². The van der Waals surface area contributed by atoms with Gasteiger partial charge in [0.15, 0.2) is 0 Å². The Balaban J connectivity index is 1.80. The SMILES string of the molecule is CCc1cc(COCC2CCCCC2CN)n(C)n1. The number of aromatic nitrogens is 2. The van der Waals surface area contributed by atoms with Crippen LogP contribution in [-0.4, -0.2) is 22.9 Å². The monoisotopic (exact) mass is 265 g/mol. The summed E-state index contributed by atoms with van der Waals surface area (Å²) in [5, 5.41) is 4.44. The Morgan fingerprint density at radius 2 is 2.11 bits per heavy atom. The summed E-state index contributed by atoms with van der Waals surface area (Å²) in [6, 6.07) is 2.14. The molecule has 0 bridgehead atoms. The molecule has 0 aromatic carbocycles. The van der Waals surface area contributed by atoms with E-state index >= 15 is 0 Å². The van der Waals surface area contributed by atoms with Crippen LogP contribution in [-0.2, 0) is 24.8 Å². The van der Waals surface area contributed by atoms with Crippen molar-refractivity contribution in [3.8, 4) is 0 Å². The molecule has 0 radical (unpaired) electrons. The fraction of sp³-hybridized carbons (Fsp3) is 0.800. The van der Waals surface area contributed by atoms with Gasteiger partial charge < -0.3 is 10.5 Å². The third-order valence-corrected chi connectivity index (χ3v) is 4.34. The van der Waals surface area contributed by atoms with E-state index < -0.39 is 0 Å². The van der Waals surface area contributed by atoms with Gasteiger partial charge in [-0.1, -0.05) is 19.8 Å². The smallest absolute Gasteiger partial charge is 0.0884 e. The van der Waals surface area contributed by atoms with Gasteiger partial charge in [0.25, 0.3) is 0 Å². The molecule has 1 aliphatic carbocycles. The average Bonchev–Trinajstić information content (AvgIpc) is 2.80. The number of hydrogen-bond donors (Lipinski definition) is 1. The van der Waals surface area contributed by atoms with Gasteiger partial charge in [-0.05, 0) is 43.7 Å². The van der Waals surface area contributed by atoms with Crippen molar-refractivity contribution in [2.24, 2.45) is 24.6 Å². The molecule has 2 atom stereocenters. The summed E-state index contributed by atoms with van der Waals surface area (Å²) >= 11 is 0. The number of aryl methyl sites for hydroxylation is 2. The molecule has 1 heterocycles. The van der Waals surface area contributed by atoms with Gasteiger partial charge in [-0.25, -0.2) is 0 Å². The van der Waals surface area contributed by atoms with Crippen molar-refractivity contribution >= 4 is 0 Å². The van der Waals surface area contributed by atoms with Crippen LogP contribution in [0.4, 0.5) is 0 Å². The zero-order valence-corrected chi connectivity index (χ0v) is 12.3. The Bertz CT molecular complexity index is 389. The van der Waals surface area contributed by atoms with Crippen molar-refractivity contribution in [2.45, 2.75) is 45.6 Å². The summed E-state index contributed by atoms with van der Waals surface area (Å²) in [6.07, 6.45) is 6.19. The molecule has 0 aliphatic heterocycles. The van der Waals surface area contributed by atoms with Crippen LogP contribution in [0.1, 0.15) is 44.0 Å². The van der Waals surface area contributed by atoms with Gasteiger partial charge in [0.05, 0.1) is 24.6 Å². The zero-order chi connectivity index (χ0) is 13.7. The minimum absolute atomic E-state index is 0.651. The van der Waals surface area contributed by atoms with Crippen molar-refractivity contribution in [1.29, 1.82) is 0 Å². The van der Waals surface area contributed by atoms with Gasteiger partial charge in [0, 0.05) is 7.05 Å². The minimum atomic E-state index is 0.651. The molecule has 2 N–H and O–H groups in total. The Morgan fingerprint density at radius 3 is 2.74 bits per heavy atom. The molecule has 1 aliphatic rings. The molecule has 108 valence electrons.